The molecular weight excluding hydrogens is 977 g/mol. The van der Waals surface area contributed by atoms with Gasteiger partial charge in [0.25, 0.3) is 0 Å². The largest absolute Gasteiger partial charge is 0.486 e. The Morgan fingerprint density at radius 2 is 0.309 bits per heavy atom. The van der Waals surface area contributed by atoms with Gasteiger partial charge in [-0.2, -0.15) is 0 Å². The Balaban J connectivity index is 1.27. The minimum absolute atomic E-state index is 0.105. The highest BCUT2D eigenvalue weighted by Crippen LogP contribution is 2.61. The quantitative estimate of drug-likeness (QED) is 0.165. The van der Waals surface area contributed by atoms with E-state index in [4.69, 9.17) is 37.0 Å². The summed E-state index contributed by atoms with van der Waals surface area (Å²) in [6, 6.07) is 0. The van der Waals surface area contributed by atoms with E-state index in [0.717, 1.165) is 270 Å². The van der Waals surface area contributed by atoms with Crippen LogP contribution in [0.3, 0.4) is 0 Å². The van der Waals surface area contributed by atoms with E-state index in [0.29, 0.717) is 0 Å². The molecule has 3 saturated heterocycles. The van der Waals surface area contributed by atoms with Crippen molar-refractivity contribution in [1.29, 1.82) is 0 Å². The minimum atomic E-state index is -4.48. The molecule has 19 heteroatoms. The lowest BCUT2D eigenvalue weighted by atomic mass is 10.2. The smallest absolute Gasteiger partial charge is 0.390 e. The molecule has 0 aromatic carbocycles. The summed E-state index contributed by atoms with van der Waals surface area (Å²) in [4.78, 5) is 43.3. The molecule has 7 saturated carbocycles. The predicted octanol–water partition coefficient (Wildman–Crippen LogP) is 13.8. The molecule has 10 fully saturated rings. The molecule has 10 aliphatic rings. The van der Waals surface area contributed by atoms with Gasteiger partial charge in [0.05, 0.1) is 0 Å². The third kappa shape index (κ3) is 11.4. The lowest BCUT2D eigenvalue weighted by molar-refractivity contribution is -0.0134. The summed E-state index contributed by atoms with van der Waals surface area (Å²) in [5.41, 5.74) is -1.40. The Morgan fingerprint density at radius 3 is 0.471 bits per heavy atom. The third-order valence-corrected chi connectivity index (χ3v) is 50.9. The van der Waals surface area contributed by atoms with Gasteiger partial charge in [-0.1, -0.05) is 180 Å². The average molecular weight is 1070 g/mol. The molecule has 3 heterocycles. The second kappa shape index (κ2) is 23.1. The molecule has 0 aromatic rings. The SMILES string of the molecule is O[Si]1(C2CCCCCC2)O[Si]2(C3CCCCCC3)O[Si](O)(C3CCCCCC3)O[Si]3(C4CCCCCC4)O[Si](O)(C4CCCCCC4)O[Si](C4CCCCCC4)(O1)O[Si](C1CCCCCC1)(O2)O3. The summed E-state index contributed by atoms with van der Waals surface area (Å²) in [6.45, 7) is 0. The summed E-state index contributed by atoms with van der Waals surface area (Å²) in [7, 11) is -30.6. The van der Waals surface area contributed by atoms with Crippen molar-refractivity contribution in [1.82, 2.24) is 0 Å². The Labute approximate surface area is 419 Å². The summed E-state index contributed by atoms with van der Waals surface area (Å²) in [5, 5.41) is 0. The van der Waals surface area contributed by atoms with Crippen LogP contribution in [0.25, 0.3) is 0 Å². The Morgan fingerprint density at radius 1 is 0.176 bits per heavy atom. The molecule has 68 heavy (non-hydrogen) atoms. The summed E-state index contributed by atoms with van der Waals surface area (Å²) < 4.78 is 74.1. The zero-order valence-corrected chi connectivity index (χ0v) is 49.3. The van der Waals surface area contributed by atoms with E-state index < -0.39 is 61.6 Å². The van der Waals surface area contributed by atoms with Crippen LogP contribution in [-0.2, 0) is 37.0 Å². The fourth-order valence-electron chi connectivity index (χ4n) is 15.1. The van der Waals surface area contributed by atoms with E-state index in [1.807, 2.05) is 0 Å². The van der Waals surface area contributed by atoms with Crippen LogP contribution in [0.15, 0.2) is 0 Å². The Kier molecular flexibility index (Phi) is 17.8. The standard InChI is InChI=1S/C49H94O12Si7/c50-62(43-29-15-1-2-16-30-43)53-65(46-35-21-7-8-22-36-46)55-63(51,44-31-17-3-4-18-32-44)57-67(48-39-25-11-12-26-40-48)58-64(52,45-33-19-5-6-20-34-45)56-66(54-62,47-37-23-9-10-24-38-47)60-68(59-65,61-67)49-41-27-13-14-28-42-49/h43-52H,1-42H2. The highest BCUT2D eigenvalue weighted by Gasteiger charge is 2.82. The van der Waals surface area contributed by atoms with Gasteiger partial charge in [-0.25, -0.2) is 0 Å². The maximum Gasteiger partial charge on any atom is 0.486 e. The molecule has 0 amide bonds. The highest BCUT2D eigenvalue weighted by molar-refractivity contribution is 6.99. The van der Waals surface area contributed by atoms with E-state index in [9.17, 15) is 14.4 Å². The zero-order valence-electron chi connectivity index (χ0n) is 42.3. The van der Waals surface area contributed by atoms with Crippen LogP contribution < -0.4 is 0 Å². The van der Waals surface area contributed by atoms with Gasteiger partial charge in [0.15, 0.2) is 0 Å². The van der Waals surface area contributed by atoms with Gasteiger partial charge < -0.3 is 51.4 Å². The van der Waals surface area contributed by atoms with Crippen molar-refractivity contribution in [2.75, 3.05) is 0 Å². The van der Waals surface area contributed by atoms with Crippen molar-refractivity contribution in [3.05, 3.63) is 0 Å². The molecule has 10 rings (SSSR count). The van der Waals surface area contributed by atoms with Gasteiger partial charge in [-0.05, 0) is 89.9 Å². The van der Waals surface area contributed by atoms with Gasteiger partial charge in [-0.15, -0.1) is 0 Å². The number of fused-ring (bicyclic) bond motifs is 3. The third-order valence-electron chi connectivity index (χ3n) is 19.1. The minimum Gasteiger partial charge on any atom is -0.390 e. The van der Waals surface area contributed by atoms with Gasteiger partial charge in [0.2, 0.25) is 0 Å². The number of hydrogen-bond acceptors (Lipinski definition) is 12. The van der Waals surface area contributed by atoms with E-state index >= 15 is 0 Å². The van der Waals surface area contributed by atoms with Crippen LogP contribution in [0, 0.1) is 0 Å². The van der Waals surface area contributed by atoms with Crippen LogP contribution in [0.4, 0.5) is 0 Å². The van der Waals surface area contributed by atoms with Crippen molar-refractivity contribution in [2.45, 2.75) is 308 Å². The summed E-state index contributed by atoms with van der Waals surface area (Å²) in [6.07, 6.45) is 41.3. The van der Waals surface area contributed by atoms with E-state index in [-0.39, 0.29) is 38.8 Å². The molecule has 4 bridgehead atoms. The molecular formula is C49H94O12Si7. The van der Waals surface area contributed by atoms with Gasteiger partial charge >= 0.3 is 61.6 Å². The van der Waals surface area contributed by atoms with Crippen molar-refractivity contribution in [3.8, 4) is 0 Å². The molecule has 3 N–H and O–H groups in total. The van der Waals surface area contributed by atoms with E-state index in [2.05, 4.69) is 0 Å². The fraction of sp³-hybridized carbons (Fsp3) is 1.00. The first-order valence-corrected chi connectivity index (χ1v) is 42.3. The first kappa shape index (κ1) is 52.5. The van der Waals surface area contributed by atoms with Crippen LogP contribution in [0.5, 0.6) is 0 Å². The Bertz CT molecular complexity index is 1380. The molecule has 0 radical (unpaired) electrons. The van der Waals surface area contributed by atoms with Crippen molar-refractivity contribution in [2.24, 2.45) is 0 Å². The summed E-state index contributed by atoms with van der Waals surface area (Å²) in [5.74, 6) is 0. The summed E-state index contributed by atoms with van der Waals surface area (Å²) >= 11 is 0. The first-order valence-electron chi connectivity index (χ1n) is 29.6. The van der Waals surface area contributed by atoms with Crippen molar-refractivity contribution >= 4 is 61.6 Å². The second-order valence-corrected chi connectivity index (χ2v) is 45.7. The van der Waals surface area contributed by atoms with Crippen molar-refractivity contribution < 1.29 is 51.4 Å². The molecule has 0 unspecified atom stereocenters. The lowest BCUT2D eigenvalue weighted by Gasteiger charge is -2.62. The molecule has 0 atom stereocenters. The van der Waals surface area contributed by atoms with Gasteiger partial charge in [0.1, 0.15) is 0 Å². The molecule has 0 spiro atoms. The van der Waals surface area contributed by atoms with Crippen molar-refractivity contribution in [3.63, 3.8) is 0 Å². The maximum absolute atomic E-state index is 14.4. The fourth-order valence-corrected chi connectivity index (χ4v) is 57.6. The van der Waals surface area contributed by atoms with Crippen LogP contribution >= 0.6 is 0 Å². The Hall–Kier alpha value is 1.04. The average Bonchev–Trinajstić information content (AvgIpc) is 4.07. The molecule has 12 nitrogen and oxygen atoms in total. The van der Waals surface area contributed by atoms with Crippen LogP contribution in [-0.4, -0.2) is 76.0 Å². The lowest BCUT2D eigenvalue weighted by Crippen LogP contribution is -2.85. The second-order valence-electron chi connectivity index (χ2n) is 24.0. The predicted molar refractivity (Wildman–Crippen MR) is 277 cm³/mol. The van der Waals surface area contributed by atoms with Crippen LogP contribution in [0.1, 0.15) is 270 Å². The molecule has 3 aliphatic heterocycles. The monoisotopic (exact) mass is 1070 g/mol. The zero-order chi connectivity index (χ0) is 46.6. The molecule has 390 valence electrons. The molecule has 7 aliphatic carbocycles. The normalized spacial score (nSPS) is 43.5. The van der Waals surface area contributed by atoms with Gasteiger partial charge in [-0.3, -0.25) is 0 Å². The van der Waals surface area contributed by atoms with Gasteiger partial charge in [0, 0.05) is 38.8 Å². The topological polar surface area (TPSA) is 144 Å². The number of rotatable bonds is 7. The first-order chi connectivity index (χ1) is 33.1. The maximum atomic E-state index is 14.4. The van der Waals surface area contributed by atoms with E-state index in [1.165, 1.54) is 0 Å². The number of hydrogen-bond donors (Lipinski definition) is 3. The highest BCUT2D eigenvalue weighted by atomic mass is 28.6. The van der Waals surface area contributed by atoms with Crippen LogP contribution in [0.2, 0.25) is 38.8 Å². The molecule has 0 aromatic heterocycles. The van der Waals surface area contributed by atoms with E-state index in [1.54, 1.807) is 0 Å².